The van der Waals surface area contributed by atoms with Crippen molar-refractivity contribution in [1.82, 2.24) is 0 Å². The second-order valence-corrected chi connectivity index (χ2v) is 5.00. The standard InChI is InChI=1S/C16H16F2O/c1-10-4-5-12(9-15(10)18)16(3,19)14-7-6-13(17)8-11(14)2/h4-9,19H,1-3H3. The van der Waals surface area contributed by atoms with Crippen molar-refractivity contribution in [2.45, 2.75) is 26.4 Å². The summed E-state index contributed by atoms with van der Waals surface area (Å²) in [4.78, 5) is 0. The molecule has 0 saturated heterocycles. The Morgan fingerprint density at radius 1 is 0.947 bits per heavy atom. The van der Waals surface area contributed by atoms with Crippen LogP contribution in [0.5, 0.6) is 0 Å². The molecule has 0 radical (unpaired) electrons. The topological polar surface area (TPSA) is 20.2 Å². The molecule has 0 amide bonds. The molecule has 0 aliphatic rings. The first-order valence-corrected chi connectivity index (χ1v) is 6.08. The first kappa shape index (κ1) is 13.7. The molecule has 100 valence electrons. The molecule has 0 saturated carbocycles. The van der Waals surface area contributed by atoms with Crippen LogP contribution in [0.1, 0.15) is 29.2 Å². The van der Waals surface area contributed by atoms with Crippen molar-refractivity contribution < 1.29 is 13.9 Å². The number of aliphatic hydroxyl groups is 1. The van der Waals surface area contributed by atoms with Gasteiger partial charge in [0.05, 0.1) is 0 Å². The highest BCUT2D eigenvalue weighted by Crippen LogP contribution is 2.32. The van der Waals surface area contributed by atoms with Crippen LogP contribution in [0.3, 0.4) is 0 Å². The van der Waals surface area contributed by atoms with E-state index < -0.39 is 5.60 Å². The van der Waals surface area contributed by atoms with Crippen LogP contribution in [0, 0.1) is 25.5 Å². The zero-order chi connectivity index (χ0) is 14.2. The summed E-state index contributed by atoms with van der Waals surface area (Å²) in [5.41, 5.74) is 0.815. The van der Waals surface area contributed by atoms with E-state index in [1.54, 1.807) is 32.9 Å². The molecule has 0 heterocycles. The number of hydrogen-bond acceptors (Lipinski definition) is 1. The van der Waals surface area contributed by atoms with E-state index in [9.17, 15) is 13.9 Å². The normalized spacial score (nSPS) is 14.2. The summed E-state index contributed by atoms with van der Waals surface area (Å²) in [6.45, 7) is 4.96. The number of benzene rings is 2. The monoisotopic (exact) mass is 262 g/mol. The molecule has 1 atom stereocenters. The predicted molar refractivity (Wildman–Crippen MR) is 70.9 cm³/mol. The zero-order valence-corrected chi connectivity index (χ0v) is 11.2. The lowest BCUT2D eigenvalue weighted by atomic mass is 9.85. The van der Waals surface area contributed by atoms with E-state index in [1.807, 2.05) is 0 Å². The van der Waals surface area contributed by atoms with Crippen molar-refractivity contribution in [3.8, 4) is 0 Å². The number of rotatable bonds is 2. The van der Waals surface area contributed by atoms with E-state index in [4.69, 9.17) is 0 Å². The summed E-state index contributed by atoms with van der Waals surface area (Å²) in [6.07, 6.45) is 0. The van der Waals surface area contributed by atoms with Gasteiger partial charge in [0.1, 0.15) is 17.2 Å². The minimum absolute atomic E-state index is 0.355. The van der Waals surface area contributed by atoms with E-state index in [0.717, 1.165) is 0 Å². The molecule has 2 rings (SSSR count). The highest BCUT2D eigenvalue weighted by molar-refractivity contribution is 5.41. The van der Waals surface area contributed by atoms with Gasteiger partial charge in [0, 0.05) is 0 Å². The fraction of sp³-hybridized carbons (Fsp3) is 0.250. The molecule has 2 aromatic carbocycles. The maximum absolute atomic E-state index is 13.6. The maximum atomic E-state index is 13.6. The van der Waals surface area contributed by atoms with Crippen molar-refractivity contribution >= 4 is 0 Å². The predicted octanol–water partition coefficient (Wildman–Crippen LogP) is 3.84. The van der Waals surface area contributed by atoms with E-state index in [0.29, 0.717) is 22.3 Å². The fourth-order valence-electron chi connectivity index (χ4n) is 2.22. The van der Waals surface area contributed by atoms with Crippen LogP contribution in [-0.2, 0) is 5.60 Å². The van der Waals surface area contributed by atoms with Crippen LogP contribution in [0.4, 0.5) is 8.78 Å². The smallest absolute Gasteiger partial charge is 0.126 e. The molecule has 1 nitrogen and oxygen atoms in total. The van der Waals surface area contributed by atoms with Crippen LogP contribution in [0.15, 0.2) is 36.4 Å². The number of halogens is 2. The van der Waals surface area contributed by atoms with Crippen LogP contribution in [0.2, 0.25) is 0 Å². The van der Waals surface area contributed by atoms with E-state index >= 15 is 0 Å². The lowest BCUT2D eigenvalue weighted by Crippen LogP contribution is -2.24. The molecule has 1 unspecified atom stereocenters. The Kier molecular flexibility index (Phi) is 3.42. The Morgan fingerprint density at radius 2 is 1.63 bits per heavy atom. The van der Waals surface area contributed by atoms with Gasteiger partial charge in [-0.1, -0.05) is 18.2 Å². The van der Waals surface area contributed by atoms with E-state index in [-0.39, 0.29) is 11.6 Å². The van der Waals surface area contributed by atoms with Gasteiger partial charge >= 0.3 is 0 Å². The van der Waals surface area contributed by atoms with Gasteiger partial charge in [0.15, 0.2) is 0 Å². The first-order chi connectivity index (χ1) is 8.82. The Hall–Kier alpha value is -1.74. The summed E-state index contributed by atoms with van der Waals surface area (Å²) in [7, 11) is 0. The summed E-state index contributed by atoms with van der Waals surface area (Å²) in [5.74, 6) is -0.718. The molecule has 0 bridgehead atoms. The summed E-state index contributed by atoms with van der Waals surface area (Å²) in [6, 6.07) is 8.80. The van der Waals surface area contributed by atoms with Gasteiger partial charge in [-0.15, -0.1) is 0 Å². The number of hydrogen-bond donors (Lipinski definition) is 1. The Labute approximate surface area is 111 Å². The first-order valence-electron chi connectivity index (χ1n) is 6.08. The van der Waals surface area contributed by atoms with Crippen LogP contribution in [-0.4, -0.2) is 5.11 Å². The van der Waals surface area contributed by atoms with Crippen LogP contribution in [0.25, 0.3) is 0 Å². The Bertz CT molecular complexity index is 618. The largest absolute Gasteiger partial charge is 0.381 e. The lowest BCUT2D eigenvalue weighted by molar-refractivity contribution is 0.101. The highest BCUT2D eigenvalue weighted by Gasteiger charge is 2.28. The second-order valence-electron chi connectivity index (χ2n) is 5.00. The van der Waals surface area contributed by atoms with Crippen molar-refractivity contribution in [2.75, 3.05) is 0 Å². The van der Waals surface area contributed by atoms with Gasteiger partial charge in [-0.2, -0.15) is 0 Å². The van der Waals surface area contributed by atoms with Gasteiger partial charge in [-0.25, -0.2) is 8.78 Å². The second kappa shape index (κ2) is 4.74. The molecular weight excluding hydrogens is 246 g/mol. The van der Waals surface area contributed by atoms with Crippen LogP contribution >= 0.6 is 0 Å². The quantitative estimate of drug-likeness (QED) is 0.872. The number of aryl methyl sites for hydroxylation is 2. The fourth-order valence-corrected chi connectivity index (χ4v) is 2.22. The highest BCUT2D eigenvalue weighted by atomic mass is 19.1. The van der Waals surface area contributed by atoms with E-state index in [2.05, 4.69) is 0 Å². The minimum atomic E-state index is -1.35. The SMILES string of the molecule is Cc1ccc(C(C)(O)c2ccc(F)cc2C)cc1F. The van der Waals surface area contributed by atoms with Crippen molar-refractivity contribution in [3.63, 3.8) is 0 Å². The third-order valence-electron chi connectivity index (χ3n) is 3.45. The van der Waals surface area contributed by atoms with Gasteiger partial charge in [0.25, 0.3) is 0 Å². The summed E-state index contributed by atoms with van der Waals surface area (Å²) < 4.78 is 26.7. The Balaban J connectivity index is 2.54. The molecule has 3 heteroatoms. The summed E-state index contributed by atoms with van der Waals surface area (Å²) >= 11 is 0. The molecule has 19 heavy (non-hydrogen) atoms. The molecular formula is C16H16F2O. The average Bonchev–Trinajstić information content (AvgIpc) is 2.32. The van der Waals surface area contributed by atoms with E-state index in [1.165, 1.54) is 24.3 Å². The third-order valence-corrected chi connectivity index (χ3v) is 3.45. The minimum Gasteiger partial charge on any atom is -0.381 e. The van der Waals surface area contributed by atoms with Gasteiger partial charge in [0.2, 0.25) is 0 Å². The van der Waals surface area contributed by atoms with Crippen molar-refractivity contribution in [1.29, 1.82) is 0 Å². The van der Waals surface area contributed by atoms with Gasteiger partial charge < -0.3 is 5.11 Å². The molecule has 0 aromatic heterocycles. The van der Waals surface area contributed by atoms with Gasteiger partial charge in [-0.05, 0) is 61.2 Å². The molecule has 2 aromatic rings. The molecule has 0 aliphatic heterocycles. The maximum Gasteiger partial charge on any atom is 0.126 e. The molecule has 0 spiro atoms. The lowest BCUT2D eigenvalue weighted by Gasteiger charge is -2.26. The molecule has 0 fully saturated rings. The zero-order valence-electron chi connectivity index (χ0n) is 11.2. The van der Waals surface area contributed by atoms with Crippen molar-refractivity contribution in [3.05, 3.63) is 70.3 Å². The molecule has 1 N–H and O–H groups in total. The summed E-state index contributed by atoms with van der Waals surface area (Å²) in [5, 5.41) is 10.7. The van der Waals surface area contributed by atoms with Gasteiger partial charge in [-0.3, -0.25) is 0 Å². The average molecular weight is 262 g/mol. The Morgan fingerprint density at radius 3 is 2.21 bits per heavy atom. The van der Waals surface area contributed by atoms with Crippen molar-refractivity contribution in [2.24, 2.45) is 0 Å². The molecule has 0 aliphatic carbocycles. The third kappa shape index (κ3) is 2.51. The van der Waals surface area contributed by atoms with Crippen LogP contribution < -0.4 is 0 Å².